The predicted octanol–water partition coefficient (Wildman–Crippen LogP) is 5.74. The molecule has 1 aliphatic rings. The zero-order valence-electron chi connectivity index (χ0n) is 23.0. The number of hydrogen-bond acceptors (Lipinski definition) is 8. The molecule has 0 saturated carbocycles. The second-order valence-electron chi connectivity index (χ2n) is 9.89. The van der Waals surface area contributed by atoms with Gasteiger partial charge in [-0.1, -0.05) is 0 Å². The Labute approximate surface area is 241 Å². The minimum atomic E-state index is -4.78. The quantitative estimate of drug-likeness (QED) is 0.162. The van der Waals surface area contributed by atoms with Crippen molar-refractivity contribution < 1.29 is 31.8 Å². The third-order valence-electron chi connectivity index (χ3n) is 6.66. The van der Waals surface area contributed by atoms with Crippen molar-refractivity contribution >= 4 is 16.9 Å². The molecule has 0 radical (unpaired) electrons. The number of alkyl halides is 3. The molecule has 2 atom stereocenters. The molecule has 11 nitrogen and oxygen atoms in total. The van der Waals surface area contributed by atoms with Crippen LogP contribution in [0, 0.1) is 5.82 Å². The monoisotopic (exact) mass is 599 g/mol. The number of imidazole rings is 1. The highest BCUT2D eigenvalue weighted by Gasteiger charge is 2.49. The van der Waals surface area contributed by atoms with E-state index in [1.165, 1.54) is 41.2 Å². The Balaban J connectivity index is 1.22. The topological polar surface area (TPSA) is 124 Å². The Morgan fingerprint density at radius 2 is 1.93 bits per heavy atom. The van der Waals surface area contributed by atoms with Crippen LogP contribution >= 0.6 is 0 Å². The van der Waals surface area contributed by atoms with Crippen molar-refractivity contribution in [1.29, 1.82) is 0 Å². The summed E-state index contributed by atoms with van der Waals surface area (Å²) in [5.74, 6) is -0.618. The minimum absolute atomic E-state index is 0.109. The number of nitrogens with zero attached hydrogens (tertiary/aromatic N) is 5. The van der Waals surface area contributed by atoms with Crippen LogP contribution < -0.4 is 20.5 Å². The summed E-state index contributed by atoms with van der Waals surface area (Å²) in [4.78, 5) is 23.2. The molecule has 15 heteroatoms. The maximum atomic E-state index is 15.1. The lowest BCUT2D eigenvalue weighted by Gasteiger charge is -2.14. The minimum Gasteiger partial charge on any atom is -0.490 e. The van der Waals surface area contributed by atoms with Gasteiger partial charge in [-0.2, -0.15) is 18.3 Å². The average Bonchev–Trinajstić information content (AvgIpc) is 3.39. The van der Waals surface area contributed by atoms with Gasteiger partial charge in [-0.05, 0) is 45.0 Å². The predicted molar refractivity (Wildman–Crippen MR) is 146 cm³/mol. The van der Waals surface area contributed by atoms with E-state index in [-0.39, 0.29) is 52.7 Å². The number of pyridine rings is 2. The third-order valence-corrected chi connectivity index (χ3v) is 6.66. The van der Waals surface area contributed by atoms with Crippen molar-refractivity contribution in [3.63, 3.8) is 0 Å². The van der Waals surface area contributed by atoms with Crippen LogP contribution in [0.25, 0.3) is 17.0 Å². The number of rotatable bonds is 9. The summed E-state index contributed by atoms with van der Waals surface area (Å²) in [7, 11) is 0. The van der Waals surface area contributed by atoms with E-state index in [9.17, 15) is 18.0 Å². The van der Waals surface area contributed by atoms with Gasteiger partial charge in [-0.3, -0.25) is 9.55 Å². The van der Waals surface area contributed by atoms with E-state index in [2.05, 4.69) is 25.4 Å². The van der Waals surface area contributed by atoms with Crippen LogP contribution in [0.15, 0.2) is 59.8 Å². The molecule has 2 unspecified atom stereocenters. The Hall–Kier alpha value is -4.92. The number of benzene rings is 1. The van der Waals surface area contributed by atoms with Gasteiger partial charge in [0.1, 0.15) is 11.6 Å². The molecule has 0 spiro atoms. The summed E-state index contributed by atoms with van der Waals surface area (Å²) >= 11 is 0. The first-order chi connectivity index (χ1) is 20.6. The molecule has 224 valence electrons. The number of ether oxygens (including phenoxy) is 3. The fourth-order valence-corrected chi connectivity index (χ4v) is 4.84. The zero-order valence-corrected chi connectivity index (χ0v) is 23.0. The molecule has 0 aliphatic carbocycles. The van der Waals surface area contributed by atoms with Crippen LogP contribution in [0.3, 0.4) is 0 Å². The molecule has 2 N–H and O–H groups in total. The van der Waals surface area contributed by atoms with Crippen molar-refractivity contribution in [1.82, 2.24) is 29.3 Å². The highest BCUT2D eigenvalue weighted by Crippen LogP contribution is 2.46. The standard InChI is InChI=1S/C28H25F4N7O4/c1-4-41-20-6-5-10-34-25(20)39-23(28(30,31)32)16(13-35-39)22-26(43-22)36-15-7-8-18(17(29)12-15)42-19-9-11-33-24-21(19)38(14(2)3)27(40)37-24/h5-14,22,26,36H,4H2,1-3H3,(H,33,37,40). The number of H-pyrrole nitrogens is 1. The molecule has 1 aliphatic heterocycles. The number of epoxide rings is 1. The highest BCUT2D eigenvalue weighted by molar-refractivity contribution is 5.78. The number of halogens is 4. The molecule has 4 aromatic heterocycles. The Morgan fingerprint density at radius 1 is 1.12 bits per heavy atom. The van der Waals surface area contributed by atoms with Gasteiger partial charge >= 0.3 is 11.9 Å². The first-order valence-corrected chi connectivity index (χ1v) is 13.3. The van der Waals surface area contributed by atoms with Crippen molar-refractivity contribution in [2.75, 3.05) is 11.9 Å². The van der Waals surface area contributed by atoms with E-state index in [4.69, 9.17) is 14.2 Å². The zero-order chi connectivity index (χ0) is 30.5. The van der Waals surface area contributed by atoms with Crippen LogP contribution in [0.5, 0.6) is 17.2 Å². The van der Waals surface area contributed by atoms with Gasteiger partial charge in [0.2, 0.25) is 0 Å². The number of fused-ring (bicyclic) bond motifs is 1. The maximum absolute atomic E-state index is 15.1. The normalized spacial score (nSPS) is 16.6. The molecule has 1 fully saturated rings. The molecule has 0 amide bonds. The fraction of sp³-hybridized carbons (Fsp3) is 0.286. The summed E-state index contributed by atoms with van der Waals surface area (Å²) in [6.45, 7) is 5.57. The SMILES string of the molecule is CCOc1cccnc1-n1ncc(C2OC2Nc2ccc(Oc3ccnc4[nH]c(=O)n(C(C)C)c34)c(F)c2)c1C(F)(F)F. The number of aromatic amines is 1. The van der Waals surface area contributed by atoms with Crippen LogP contribution in [0.4, 0.5) is 23.2 Å². The van der Waals surface area contributed by atoms with Gasteiger partial charge in [0, 0.05) is 41.8 Å². The second-order valence-corrected chi connectivity index (χ2v) is 9.89. The van der Waals surface area contributed by atoms with E-state index in [0.717, 1.165) is 12.3 Å². The van der Waals surface area contributed by atoms with E-state index >= 15 is 4.39 Å². The molecule has 5 aromatic rings. The van der Waals surface area contributed by atoms with Crippen LogP contribution in [0.1, 0.15) is 44.2 Å². The summed E-state index contributed by atoms with van der Waals surface area (Å²) in [5, 5.41) is 6.84. The van der Waals surface area contributed by atoms with E-state index in [1.807, 2.05) is 13.8 Å². The molecule has 6 rings (SSSR count). The van der Waals surface area contributed by atoms with Crippen LogP contribution in [0.2, 0.25) is 0 Å². The Morgan fingerprint density at radius 3 is 2.65 bits per heavy atom. The van der Waals surface area contributed by atoms with Gasteiger partial charge < -0.3 is 19.5 Å². The van der Waals surface area contributed by atoms with Crippen molar-refractivity contribution in [2.24, 2.45) is 0 Å². The lowest BCUT2D eigenvalue weighted by atomic mass is 10.1. The molecule has 1 aromatic carbocycles. The molecular formula is C28H25F4N7O4. The average molecular weight is 600 g/mol. The van der Waals surface area contributed by atoms with Gasteiger partial charge in [-0.25, -0.2) is 23.8 Å². The number of aromatic nitrogens is 6. The van der Waals surface area contributed by atoms with Crippen LogP contribution in [-0.4, -0.2) is 42.1 Å². The smallest absolute Gasteiger partial charge is 0.433 e. The highest BCUT2D eigenvalue weighted by atomic mass is 19.4. The first kappa shape index (κ1) is 28.2. The number of nitrogens with one attached hydrogen (secondary N) is 2. The molecule has 1 saturated heterocycles. The van der Waals surface area contributed by atoms with E-state index < -0.39 is 30.0 Å². The van der Waals surface area contributed by atoms with E-state index in [1.54, 1.807) is 13.0 Å². The van der Waals surface area contributed by atoms with Gasteiger partial charge in [-0.15, -0.1) is 0 Å². The Kier molecular flexibility index (Phi) is 7.04. The van der Waals surface area contributed by atoms with Crippen molar-refractivity contribution in [2.45, 2.75) is 45.3 Å². The second kappa shape index (κ2) is 10.7. The third kappa shape index (κ3) is 5.27. The summed E-state index contributed by atoms with van der Waals surface area (Å²) < 4.78 is 76.7. The number of hydrogen-bond donors (Lipinski definition) is 2. The van der Waals surface area contributed by atoms with Gasteiger partial charge in [0.15, 0.2) is 46.5 Å². The lowest BCUT2D eigenvalue weighted by molar-refractivity contribution is -0.143. The summed E-state index contributed by atoms with van der Waals surface area (Å²) in [5.41, 5.74) is -0.694. The molecule has 0 bridgehead atoms. The molecular weight excluding hydrogens is 574 g/mol. The summed E-state index contributed by atoms with van der Waals surface area (Å²) in [6, 6.07) is 8.36. The lowest BCUT2D eigenvalue weighted by Crippen LogP contribution is -2.18. The van der Waals surface area contributed by atoms with Gasteiger partial charge in [0.25, 0.3) is 0 Å². The first-order valence-electron chi connectivity index (χ1n) is 13.3. The fourth-order valence-electron chi connectivity index (χ4n) is 4.84. The molecule has 5 heterocycles. The maximum Gasteiger partial charge on any atom is 0.433 e. The molecule has 43 heavy (non-hydrogen) atoms. The largest absolute Gasteiger partial charge is 0.490 e. The van der Waals surface area contributed by atoms with Crippen LogP contribution in [-0.2, 0) is 10.9 Å². The van der Waals surface area contributed by atoms with Crippen molar-refractivity contribution in [3.05, 3.63) is 82.5 Å². The van der Waals surface area contributed by atoms with Gasteiger partial charge in [0.05, 0.1) is 12.8 Å². The van der Waals surface area contributed by atoms with E-state index in [0.29, 0.717) is 15.8 Å². The summed E-state index contributed by atoms with van der Waals surface area (Å²) in [6.07, 6.45) is -2.82. The van der Waals surface area contributed by atoms with Crippen molar-refractivity contribution in [3.8, 4) is 23.1 Å². The number of anilines is 1. The Bertz CT molecular complexity index is 1860.